The number of rotatable bonds is 4. The van der Waals surface area contributed by atoms with Crippen LogP contribution in [0.5, 0.6) is 0 Å². The zero-order chi connectivity index (χ0) is 13.8. The van der Waals surface area contributed by atoms with Crippen molar-refractivity contribution >= 4 is 17.4 Å². The van der Waals surface area contributed by atoms with Gasteiger partial charge in [0, 0.05) is 12.3 Å². The molecule has 6 heteroatoms. The Morgan fingerprint density at radius 2 is 2.05 bits per heavy atom. The highest BCUT2D eigenvalue weighted by atomic mass is 32.2. The summed E-state index contributed by atoms with van der Waals surface area (Å²) in [6.07, 6.45) is 1.000. The van der Waals surface area contributed by atoms with Gasteiger partial charge in [0.15, 0.2) is 0 Å². The number of nitro groups is 1. The summed E-state index contributed by atoms with van der Waals surface area (Å²) in [7, 11) is 0. The highest BCUT2D eigenvalue weighted by molar-refractivity contribution is 7.99. The molecular formula is C13H12N2O3S. The van der Waals surface area contributed by atoms with Crippen LogP contribution in [0.25, 0.3) is 0 Å². The number of nitro benzene ring substituents is 1. The molecule has 19 heavy (non-hydrogen) atoms. The standard InChI is InChI=1S/C13H12N2O3S/c1-9(16)10-6-7-13(14-8-10)19-12-5-3-2-4-11(12)15(17)18/h2-9,16H,1H3/t9-/m0/s1. The maximum absolute atomic E-state index is 10.9. The van der Waals surface area contributed by atoms with Gasteiger partial charge >= 0.3 is 0 Å². The molecule has 0 radical (unpaired) electrons. The van der Waals surface area contributed by atoms with E-state index in [-0.39, 0.29) is 5.69 Å². The van der Waals surface area contributed by atoms with Crippen LogP contribution in [0.4, 0.5) is 5.69 Å². The highest BCUT2D eigenvalue weighted by Gasteiger charge is 2.14. The number of nitrogens with zero attached hydrogens (tertiary/aromatic N) is 2. The van der Waals surface area contributed by atoms with Crippen LogP contribution in [0.15, 0.2) is 52.5 Å². The maximum Gasteiger partial charge on any atom is 0.283 e. The van der Waals surface area contributed by atoms with Crippen LogP contribution in [-0.4, -0.2) is 15.0 Å². The van der Waals surface area contributed by atoms with Gasteiger partial charge in [-0.1, -0.05) is 30.0 Å². The second kappa shape index (κ2) is 5.81. The summed E-state index contributed by atoms with van der Waals surface area (Å²) in [6.45, 7) is 1.66. The van der Waals surface area contributed by atoms with E-state index in [0.29, 0.717) is 15.5 Å². The Kier molecular flexibility index (Phi) is 4.13. The molecule has 0 saturated carbocycles. The minimum Gasteiger partial charge on any atom is -0.389 e. The van der Waals surface area contributed by atoms with E-state index in [1.54, 1.807) is 43.5 Å². The fraction of sp³-hybridized carbons (Fsp3) is 0.154. The molecule has 1 aromatic heterocycles. The van der Waals surface area contributed by atoms with Crippen LogP contribution >= 0.6 is 11.8 Å². The number of aliphatic hydroxyl groups excluding tert-OH is 1. The molecule has 0 amide bonds. The van der Waals surface area contributed by atoms with Gasteiger partial charge in [0.2, 0.25) is 0 Å². The fourth-order valence-corrected chi connectivity index (χ4v) is 2.37. The fourth-order valence-electron chi connectivity index (χ4n) is 1.51. The molecule has 0 spiro atoms. The molecule has 0 aliphatic carbocycles. The molecule has 2 aromatic rings. The van der Waals surface area contributed by atoms with Crippen molar-refractivity contribution in [3.63, 3.8) is 0 Å². The Labute approximate surface area is 114 Å². The Morgan fingerprint density at radius 1 is 1.32 bits per heavy atom. The van der Waals surface area contributed by atoms with E-state index in [9.17, 15) is 15.2 Å². The molecule has 2 rings (SSSR count). The van der Waals surface area contributed by atoms with E-state index in [1.807, 2.05) is 0 Å². The lowest BCUT2D eigenvalue weighted by Gasteiger charge is -2.05. The van der Waals surface area contributed by atoms with Gasteiger partial charge in [0.05, 0.1) is 15.9 Å². The van der Waals surface area contributed by atoms with Crippen molar-refractivity contribution in [3.8, 4) is 0 Å². The lowest BCUT2D eigenvalue weighted by molar-refractivity contribution is -0.387. The number of hydrogen-bond donors (Lipinski definition) is 1. The summed E-state index contributed by atoms with van der Waals surface area (Å²) in [5, 5.41) is 20.9. The predicted octanol–water partition coefficient (Wildman–Crippen LogP) is 3.19. The molecule has 0 bridgehead atoms. The Morgan fingerprint density at radius 3 is 2.63 bits per heavy atom. The van der Waals surface area contributed by atoms with E-state index in [1.165, 1.54) is 17.8 Å². The van der Waals surface area contributed by atoms with Gasteiger partial charge in [-0.05, 0) is 24.6 Å². The first kappa shape index (κ1) is 13.5. The molecule has 0 fully saturated rings. The van der Waals surface area contributed by atoms with Crippen LogP contribution in [0.3, 0.4) is 0 Å². The SMILES string of the molecule is C[C@H](O)c1ccc(Sc2ccccc2[N+](=O)[O-])nc1. The number of pyridine rings is 1. The maximum atomic E-state index is 10.9. The summed E-state index contributed by atoms with van der Waals surface area (Å²) < 4.78 is 0. The topological polar surface area (TPSA) is 76.3 Å². The Bertz CT molecular complexity index is 585. The molecule has 1 N–H and O–H groups in total. The van der Waals surface area contributed by atoms with Crippen LogP contribution in [0.1, 0.15) is 18.6 Å². The van der Waals surface area contributed by atoms with Crippen molar-refractivity contribution in [3.05, 3.63) is 58.3 Å². The van der Waals surface area contributed by atoms with Crippen molar-refractivity contribution in [2.45, 2.75) is 22.9 Å². The average Bonchev–Trinajstić information content (AvgIpc) is 2.39. The van der Waals surface area contributed by atoms with Crippen LogP contribution in [0, 0.1) is 10.1 Å². The highest BCUT2D eigenvalue weighted by Crippen LogP contribution is 2.33. The van der Waals surface area contributed by atoms with E-state index in [0.717, 1.165) is 0 Å². The third-order valence-corrected chi connectivity index (χ3v) is 3.53. The molecule has 98 valence electrons. The molecule has 1 heterocycles. The van der Waals surface area contributed by atoms with Crippen LogP contribution in [-0.2, 0) is 0 Å². The van der Waals surface area contributed by atoms with E-state index in [4.69, 9.17) is 0 Å². The molecule has 0 aliphatic rings. The first-order chi connectivity index (χ1) is 9.08. The summed E-state index contributed by atoms with van der Waals surface area (Å²) in [5.74, 6) is 0. The summed E-state index contributed by atoms with van der Waals surface area (Å²) in [4.78, 5) is 15.2. The number of aliphatic hydroxyl groups is 1. The van der Waals surface area contributed by atoms with Crippen molar-refractivity contribution < 1.29 is 10.0 Å². The quantitative estimate of drug-likeness (QED) is 0.685. The zero-order valence-electron chi connectivity index (χ0n) is 10.2. The molecule has 1 atom stereocenters. The third kappa shape index (κ3) is 3.30. The van der Waals surface area contributed by atoms with Gasteiger partial charge in [-0.15, -0.1) is 0 Å². The van der Waals surface area contributed by atoms with Crippen molar-refractivity contribution in [2.75, 3.05) is 0 Å². The second-order valence-electron chi connectivity index (χ2n) is 3.93. The Hall–Kier alpha value is -1.92. The van der Waals surface area contributed by atoms with E-state index < -0.39 is 11.0 Å². The van der Waals surface area contributed by atoms with Crippen LogP contribution in [0.2, 0.25) is 0 Å². The minimum atomic E-state index is -0.572. The van der Waals surface area contributed by atoms with E-state index in [2.05, 4.69) is 4.98 Å². The molecule has 0 unspecified atom stereocenters. The Balaban J connectivity index is 2.24. The van der Waals surface area contributed by atoms with Gasteiger partial charge in [-0.2, -0.15) is 0 Å². The number of hydrogen-bond acceptors (Lipinski definition) is 5. The third-order valence-electron chi connectivity index (χ3n) is 2.52. The largest absolute Gasteiger partial charge is 0.389 e. The smallest absolute Gasteiger partial charge is 0.283 e. The molecular weight excluding hydrogens is 264 g/mol. The van der Waals surface area contributed by atoms with Gasteiger partial charge in [-0.3, -0.25) is 10.1 Å². The lowest BCUT2D eigenvalue weighted by atomic mass is 10.2. The normalized spacial score (nSPS) is 12.1. The summed E-state index contributed by atoms with van der Waals surface area (Å²) >= 11 is 1.23. The van der Waals surface area contributed by atoms with Gasteiger partial charge in [0.1, 0.15) is 5.03 Å². The minimum absolute atomic E-state index is 0.0638. The predicted molar refractivity (Wildman–Crippen MR) is 72.1 cm³/mol. The van der Waals surface area contributed by atoms with Crippen molar-refractivity contribution in [2.24, 2.45) is 0 Å². The summed E-state index contributed by atoms with van der Waals surface area (Å²) in [5.41, 5.74) is 0.779. The second-order valence-corrected chi connectivity index (χ2v) is 4.99. The lowest BCUT2D eigenvalue weighted by Crippen LogP contribution is -1.93. The molecule has 0 saturated heterocycles. The summed E-state index contributed by atoms with van der Waals surface area (Å²) in [6, 6.07) is 10.0. The first-order valence-corrected chi connectivity index (χ1v) is 6.45. The number of para-hydroxylation sites is 1. The number of aromatic nitrogens is 1. The van der Waals surface area contributed by atoms with Crippen LogP contribution < -0.4 is 0 Å². The van der Waals surface area contributed by atoms with Crippen molar-refractivity contribution in [1.29, 1.82) is 0 Å². The molecule has 0 aliphatic heterocycles. The average molecular weight is 276 g/mol. The molecule has 5 nitrogen and oxygen atoms in total. The number of benzene rings is 1. The van der Waals surface area contributed by atoms with Gasteiger partial charge in [0.25, 0.3) is 5.69 Å². The zero-order valence-corrected chi connectivity index (χ0v) is 11.0. The first-order valence-electron chi connectivity index (χ1n) is 5.63. The molecule has 1 aromatic carbocycles. The van der Waals surface area contributed by atoms with E-state index >= 15 is 0 Å². The monoisotopic (exact) mass is 276 g/mol. The van der Waals surface area contributed by atoms with Gasteiger partial charge < -0.3 is 5.11 Å². The van der Waals surface area contributed by atoms with Crippen molar-refractivity contribution in [1.82, 2.24) is 4.98 Å². The van der Waals surface area contributed by atoms with Gasteiger partial charge in [-0.25, -0.2) is 4.98 Å².